The number of benzene rings is 1. The van der Waals surface area contributed by atoms with Crippen molar-refractivity contribution < 1.29 is 9.21 Å². The van der Waals surface area contributed by atoms with Crippen molar-refractivity contribution in [2.75, 3.05) is 12.3 Å². The molecule has 1 heterocycles. The molecule has 1 aromatic carbocycles. The van der Waals surface area contributed by atoms with E-state index in [4.69, 9.17) is 10.2 Å². The standard InChI is InChI=1S/C14H16N2O2/c1-10-8-12(9-18-10)14(17)16-7-6-11-2-4-13(15)5-3-11/h2-5,8-9H,6-7,15H2,1H3,(H,16,17). The Labute approximate surface area is 106 Å². The number of carbonyl (C=O) groups excluding carboxylic acids is 1. The van der Waals surface area contributed by atoms with E-state index < -0.39 is 0 Å². The zero-order valence-electron chi connectivity index (χ0n) is 10.3. The van der Waals surface area contributed by atoms with Gasteiger partial charge in [-0.05, 0) is 37.1 Å². The minimum absolute atomic E-state index is 0.109. The van der Waals surface area contributed by atoms with Crippen LogP contribution in [0, 0.1) is 6.92 Å². The van der Waals surface area contributed by atoms with Crippen LogP contribution < -0.4 is 11.1 Å². The molecule has 0 unspecified atom stereocenters. The summed E-state index contributed by atoms with van der Waals surface area (Å²) in [5, 5.41) is 2.85. The van der Waals surface area contributed by atoms with E-state index in [1.807, 2.05) is 31.2 Å². The van der Waals surface area contributed by atoms with Crippen molar-refractivity contribution in [3.63, 3.8) is 0 Å². The Morgan fingerprint density at radius 3 is 2.67 bits per heavy atom. The van der Waals surface area contributed by atoms with Gasteiger partial charge < -0.3 is 15.5 Å². The molecule has 3 N–H and O–H groups in total. The number of hydrogen-bond acceptors (Lipinski definition) is 3. The van der Waals surface area contributed by atoms with Crippen LogP contribution in [0.2, 0.25) is 0 Å². The average Bonchev–Trinajstić information content (AvgIpc) is 2.78. The Kier molecular flexibility index (Phi) is 3.67. The maximum atomic E-state index is 11.7. The van der Waals surface area contributed by atoms with E-state index >= 15 is 0 Å². The quantitative estimate of drug-likeness (QED) is 0.810. The minimum atomic E-state index is -0.109. The zero-order chi connectivity index (χ0) is 13.0. The molecule has 0 aliphatic carbocycles. The third-order valence-electron chi connectivity index (χ3n) is 2.67. The molecule has 0 fully saturated rings. The molecule has 0 radical (unpaired) electrons. The van der Waals surface area contributed by atoms with E-state index in [-0.39, 0.29) is 5.91 Å². The van der Waals surface area contributed by atoms with Gasteiger partial charge in [0.15, 0.2) is 0 Å². The topological polar surface area (TPSA) is 68.3 Å². The van der Waals surface area contributed by atoms with Gasteiger partial charge in [-0.3, -0.25) is 4.79 Å². The van der Waals surface area contributed by atoms with E-state index in [2.05, 4.69) is 5.32 Å². The average molecular weight is 244 g/mol. The number of aryl methyl sites for hydroxylation is 1. The van der Waals surface area contributed by atoms with Gasteiger partial charge in [-0.25, -0.2) is 0 Å². The first-order valence-corrected chi connectivity index (χ1v) is 5.83. The molecular weight excluding hydrogens is 228 g/mol. The molecule has 94 valence electrons. The van der Waals surface area contributed by atoms with E-state index in [0.29, 0.717) is 12.1 Å². The fraction of sp³-hybridized carbons (Fsp3) is 0.214. The van der Waals surface area contributed by atoms with Gasteiger partial charge in [-0.15, -0.1) is 0 Å². The summed E-state index contributed by atoms with van der Waals surface area (Å²) < 4.78 is 5.09. The van der Waals surface area contributed by atoms with Gasteiger partial charge in [0.05, 0.1) is 5.56 Å². The van der Waals surface area contributed by atoms with Gasteiger partial charge in [0.25, 0.3) is 5.91 Å². The van der Waals surface area contributed by atoms with Crippen molar-refractivity contribution in [2.45, 2.75) is 13.3 Å². The molecule has 0 aliphatic rings. The molecule has 0 saturated carbocycles. The number of nitrogens with one attached hydrogen (secondary N) is 1. The Balaban J connectivity index is 1.82. The number of carbonyl (C=O) groups is 1. The maximum Gasteiger partial charge on any atom is 0.254 e. The van der Waals surface area contributed by atoms with Crippen LogP contribution in [0.5, 0.6) is 0 Å². The Morgan fingerprint density at radius 1 is 1.33 bits per heavy atom. The Hall–Kier alpha value is -2.23. The third kappa shape index (κ3) is 3.13. The van der Waals surface area contributed by atoms with E-state index in [9.17, 15) is 4.79 Å². The summed E-state index contributed by atoms with van der Waals surface area (Å²) in [6, 6.07) is 9.36. The van der Waals surface area contributed by atoms with Crippen molar-refractivity contribution in [1.82, 2.24) is 5.32 Å². The van der Waals surface area contributed by atoms with Gasteiger partial charge >= 0.3 is 0 Å². The zero-order valence-corrected chi connectivity index (χ0v) is 10.3. The number of anilines is 1. The van der Waals surface area contributed by atoms with Crippen molar-refractivity contribution in [1.29, 1.82) is 0 Å². The Bertz CT molecular complexity index is 529. The molecule has 2 rings (SSSR count). The van der Waals surface area contributed by atoms with Crippen LogP contribution >= 0.6 is 0 Å². The Morgan fingerprint density at radius 2 is 2.06 bits per heavy atom. The number of furan rings is 1. The first-order valence-electron chi connectivity index (χ1n) is 5.83. The number of hydrogen-bond donors (Lipinski definition) is 2. The number of amides is 1. The van der Waals surface area contributed by atoms with Crippen LogP contribution in [-0.4, -0.2) is 12.5 Å². The largest absolute Gasteiger partial charge is 0.469 e. The first-order chi connectivity index (χ1) is 8.65. The molecular formula is C14H16N2O2. The van der Waals surface area contributed by atoms with Crippen molar-refractivity contribution in [3.8, 4) is 0 Å². The predicted octanol–water partition coefficient (Wildman–Crippen LogP) is 2.14. The molecule has 18 heavy (non-hydrogen) atoms. The lowest BCUT2D eigenvalue weighted by molar-refractivity contribution is 0.0953. The van der Waals surface area contributed by atoms with Crippen LogP contribution in [0.15, 0.2) is 41.0 Å². The second-order valence-electron chi connectivity index (χ2n) is 4.19. The SMILES string of the molecule is Cc1cc(C(=O)NCCc2ccc(N)cc2)co1. The minimum Gasteiger partial charge on any atom is -0.469 e. The molecule has 4 heteroatoms. The maximum absolute atomic E-state index is 11.7. The monoisotopic (exact) mass is 244 g/mol. The number of nitrogens with two attached hydrogens (primary N) is 1. The van der Waals surface area contributed by atoms with E-state index in [1.165, 1.54) is 6.26 Å². The molecule has 0 atom stereocenters. The molecule has 0 saturated heterocycles. The molecule has 1 amide bonds. The van der Waals surface area contributed by atoms with Gasteiger partial charge in [-0.1, -0.05) is 12.1 Å². The number of rotatable bonds is 4. The highest BCUT2D eigenvalue weighted by Gasteiger charge is 2.07. The predicted molar refractivity (Wildman–Crippen MR) is 70.3 cm³/mol. The highest BCUT2D eigenvalue weighted by molar-refractivity contribution is 5.93. The smallest absolute Gasteiger partial charge is 0.254 e. The van der Waals surface area contributed by atoms with Gasteiger partial charge in [0, 0.05) is 12.2 Å². The fourth-order valence-electron chi connectivity index (χ4n) is 1.67. The van der Waals surface area contributed by atoms with Gasteiger partial charge in [0.1, 0.15) is 12.0 Å². The van der Waals surface area contributed by atoms with Crippen LogP contribution in [0.1, 0.15) is 21.7 Å². The molecule has 0 bridgehead atoms. The van der Waals surface area contributed by atoms with Crippen molar-refractivity contribution in [3.05, 3.63) is 53.5 Å². The normalized spacial score (nSPS) is 10.3. The summed E-state index contributed by atoms with van der Waals surface area (Å²) >= 11 is 0. The van der Waals surface area contributed by atoms with Crippen LogP contribution in [0.4, 0.5) is 5.69 Å². The highest BCUT2D eigenvalue weighted by atomic mass is 16.3. The molecule has 0 aliphatic heterocycles. The number of nitrogen functional groups attached to an aromatic ring is 1. The first kappa shape index (κ1) is 12.2. The van der Waals surface area contributed by atoms with Crippen LogP contribution in [0.3, 0.4) is 0 Å². The fourth-order valence-corrected chi connectivity index (χ4v) is 1.67. The lowest BCUT2D eigenvalue weighted by Crippen LogP contribution is -2.25. The van der Waals surface area contributed by atoms with Crippen molar-refractivity contribution in [2.24, 2.45) is 0 Å². The third-order valence-corrected chi connectivity index (χ3v) is 2.67. The summed E-state index contributed by atoms with van der Waals surface area (Å²) in [4.78, 5) is 11.7. The van der Waals surface area contributed by atoms with Crippen molar-refractivity contribution >= 4 is 11.6 Å². The summed E-state index contributed by atoms with van der Waals surface area (Å²) in [7, 11) is 0. The lowest BCUT2D eigenvalue weighted by Gasteiger charge is -2.04. The molecule has 0 spiro atoms. The second-order valence-corrected chi connectivity index (χ2v) is 4.19. The summed E-state index contributed by atoms with van der Waals surface area (Å²) in [6.45, 7) is 2.40. The summed E-state index contributed by atoms with van der Waals surface area (Å²) in [6.07, 6.45) is 2.25. The molecule has 2 aromatic rings. The second kappa shape index (κ2) is 5.40. The summed E-state index contributed by atoms with van der Waals surface area (Å²) in [5.74, 6) is 0.626. The summed E-state index contributed by atoms with van der Waals surface area (Å²) in [5.41, 5.74) is 8.05. The van der Waals surface area contributed by atoms with Crippen LogP contribution in [-0.2, 0) is 6.42 Å². The molecule has 1 aromatic heterocycles. The highest BCUT2D eigenvalue weighted by Crippen LogP contribution is 2.07. The van der Waals surface area contributed by atoms with Gasteiger partial charge in [-0.2, -0.15) is 0 Å². The van der Waals surface area contributed by atoms with Crippen LogP contribution in [0.25, 0.3) is 0 Å². The molecule has 4 nitrogen and oxygen atoms in total. The van der Waals surface area contributed by atoms with E-state index in [0.717, 1.165) is 23.4 Å². The van der Waals surface area contributed by atoms with Gasteiger partial charge in [0.2, 0.25) is 0 Å². The lowest BCUT2D eigenvalue weighted by atomic mass is 10.1. The van der Waals surface area contributed by atoms with E-state index in [1.54, 1.807) is 6.07 Å².